The number of para-hydroxylation sites is 1. The van der Waals surface area contributed by atoms with Crippen LogP contribution in [0.1, 0.15) is 51.5 Å². The van der Waals surface area contributed by atoms with E-state index in [0.717, 1.165) is 46.1 Å². The number of hydrogen-bond donors (Lipinski definition) is 0. The molecule has 1 atom stereocenters. The van der Waals surface area contributed by atoms with Gasteiger partial charge in [-0.05, 0) is 54.2 Å². The van der Waals surface area contributed by atoms with Crippen LogP contribution in [-0.2, 0) is 12.8 Å². The maximum Gasteiger partial charge on any atom is 0.267 e. The summed E-state index contributed by atoms with van der Waals surface area (Å²) in [6.45, 7) is 11.4. The largest absolute Gasteiger partial charge is 0.268 e. The fraction of sp³-hybridized carbons (Fsp3) is 0.500. The van der Waals surface area contributed by atoms with Gasteiger partial charge in [-0.15, -0.1) is 11.3 Å². The smallest absolute Gasteiger partial charge is 0.267 e. The molecule has 1 aliphatic carbocycles. The molecule has 0 saturated carbocycles. The first-order valence-electron chi connectivity index (χ1n) is 10.5. The molecule has 0 aliphatic heterocycles. The molecule has 1 aliphatic rings. The number of aryl methyl sites for hydroxylation is 1. The highest BCUT2D eigenvalue weighted by Gasteiger charge is 2.32. The van der Waals surface area contributed by atoms with Gasteiger partial charge in [0.05, 0.1) is 11.1 Å². The van der Waals surface area contributed by atoms with Gasteiger partial charge in [0.25, 0.3) is 5.56 Å². The fourth-order valence-corrected chi connectivity index (χ4v) is 6.39. The van der Waals surface area contributed by atoms with Crippen molar-refractivity contribution in [1.82, 2.24) is 9.55 Å². The lowest BCUT2D eigenvalue weighted by Gasteiger charge is -2.33. The van der Waals surface area contributed by atoms with Crippen LogP contribution in [0.25, 0.3) is 15.9 Å². The van der Waals surface area contributed by atoms with Crippen molar-refractivity contribution in [3.05, 3.63) is 51.1 Å². The number of hydrogen-bond acceptors (Lipinski definition) is 4. The average Bonchev–Trinajstić information content (AvgIpc) is 3.04. The van der Waals surface area contributed by atoms with Crippen molar-refractivity contribution in [3.63, 3.8) is 0 Å². The number of rotatable bonds is 4. The van der Waals surface area contributed by atoms with Gasteiger partial charge >= 0.3 is 0 Å². The van der Waals surface area contributed by atoms with Crippen LogP contribution in [0.5, 0.6) is 0 Å². The van der Waals surface area contributed by atoms with E-state index in [1.165, 1.54) is 10.4 Å². The highest BCUT2D eigenvalue weighted by molar-refractivity contribution is 7.99. The third kappa shape index (κ3) is 4.04. The van der Waals surface area contributed by atoms with Crippen LogP contribution in [0.4, 0.5) is 0 Å². The Balaban J connectivity index is 1.88. The summed E-state index contributed by atoms with van der Waals surface area (Å²) in [4.78, 5) is 21.0. The zero-order valence-electron chi connectivity index (χ0n) is 18.0. The number of aromatic nitrogens is 2. The Labute approximate surface area is 181 Å². The van der Waals surface area contributed by atoms with Gasteiger partial charge in [0.1, 0.15) is 4.83 Å². The van der Waals surface area contributed by atoms with Crippen molar-refractivity contribution in [3.8, 4) is 5.69 Å². The first-order chi connectivity index (χ1) is 13.8. The minimum Gasteiger partial charge on any atom is -0.268 e. The van der Waals surface area contributed by atoms with E-state index in [0.29, 0.717) is 17.3 Å². The van der Waals surface area contributed by atoms with Crippen molar-refractivity contribution in [1.29, 1.82) is 0 Å². The molecule has 3 aromatic rings. The monoisotopic (exact) mass is 426 g/mol. The minimum absolute atomic E-state index is 0.0964. The molecule has 2 aromatic heterocycles. The molecule has 5 heteroatoms. The molecule has 2 heterocycles. The van der Waals surface area contributed by atoms with Gasteiger partial charge in [0.2, 0.25) is 0 Å². The third-order valence-electron chi connectivity index (χ3n) is 5.84. The van der Waals surface area contributed by atoms with Crippen molar-refractivity contribution < 1.29 is 0 Å². The quantitative estimate of drug-likeness (QED) is 0.360. The molecule has 0 bridgehead atoms. The normalized spacial score (nSPS) is 17.1. The fourth-order valence-electron chi connectivity index (χ4n) is 4.09. The Morgan fingerprint density at radius 1 is 1.24 bits per heavy atom. The predicted molar refractivity (Wildman–Crippen MR) is 126 cm³/mol. The SMILES string of the molecule is CC(C)CSc1nc2sc3c(c2c(=O)n1-c1ccccc1)CCC(C(C)(C)C)C3. The number of thiophene rings is 1. The highest BCUT2D eigenvalue weighted by atomic mass is 32.2. The van der Waals surface area contributed by atoms with Crippen molar-refractivity contribution in [2.45, 2.75) is 59.0 Å². The zero-order valence-corrected chi connectivity index (χ0v) is 19.6. The van der Waals surface area contributed by atoms with Crippen LogP contribution >= 0.6 is 23.1 Å². The number of thioether (sulfide) groups is 1. The van der Waals surface area contributed by atoms with E-state index < -0.39 is 0 Å². The molecule has 0 spiro atoms. The van der Waals surface area contributed by atoms with Crippen LogP contribution in [0.15, 0.2) is 40.3 Å². The summed E-state index contributed by atoms with van der Waals surface area (Å²) < 4.78 is 1.83. The first kappa shape index (κ1) is 20.7. The van der Waals surface area contributed by atoms with E-state index in [4.69, 9.17) is 4.98 Å². The summed E-state index contributed by atoms with van der Waals surface area (Å²) in [7, 11) is 0. The molecule has 0 fully saturated rings. The lowest BCUT2D eigenvalue weighted by Crippen LogP contribution is -2.27. The number of fused-ring (bicyclic) bond motifs is 3. The first-order valence-corrected chi connectivity index (χ1v) is 12.3. The van der Waals surface area contributed by atoms with E-state index in [1.54, 1.807) is 23.1 Å². The molecular weight excluding hydrogens is 396 g/mol. The maximum absolute atomic E-state index is 13.7. The van der Waals surface area contributed by atoms with E-state index in [1.807, 2.05) is 34.9 Å². The molecule has 0 radical (unpaired) electrons. The van der Waals surface area contributed by atoms with Crippen LogP contribution in [0.2, 0.25) is 0 Å². The average molecular weight is 427 g/mol. The number of nitrogens with zero attached hydrogens (tertiary/aromatic N) is 2. The molecule has 0 saturated heterocycles. The summed E-state index contributed by atoms with van der Waals surface area (Å²) in [6, 6.07) is 9.96. The van der Waals surface area contributed by atoms with Gasteiger partial charge in [-0.3, -0.25) is 9.36 Å². The Kier molecular flexibility index (Phi) is 5.64. The Morgan fingerprint density at radius 3 is 2.62 bits per heavy atom. The Hall–Kier alpha value is -1.59. The molecule has 1 aromatic carbocycles. The minimum atomic E-state index is 0.0964. The molecular formula is C24H30N2OS2. The molecule has 29 heavy (non-hydrogen) atoms. The van der Waals surface area contributed by atoms with Crippen molar-refractivity contribution in [2.75, 3.05) is 5.75 Å². The second-order valence-electron chi connectivity index (χ2n) is 9.57. The van der Waals surface area contributed by atoms with Crippen LogP contribution in [-0.4, -0.2) is 15.3 Å². The second kappa shape index (κ2) is 7.92. The zero-order chi connectivity index (χ0) is 20.8. The van der Waals surface area contributed by atoms with E-state index in [-0.39, 0.29) is 5.56 Å². The Morgan fingerprint density at radius 2 is 1.97 bits per heavy atom. The van der Waals surface area contributed by atoms with Gasteiger partial charge in [-0.2, -0.15) is 0 Å². The summed E-state index contributed by atoms with van der Waals surface area (Å²) in [5, 5.41) is 1.67. The highest BCUT2D eigenvalue weighted by Crippen LogP contribution is 2.42. The standard InChI is InChI=1S/C24H30N2OS2/c1-15(2)14-28-23-25-21-20(22(27)26(23)17-9-7-6-8-10-17)18-12-11-16(24(3,4)5)13-19(18)29-21/h6-10,15-16H,11-14H2,1-5H3. The predicted octanol–water partition coefficient (Wildman–Crippen LogP) is 6.35. The van der Waals surface area contributed by atoms with Crippen LogP contribution in [0.3, 0.4) is 0 Å². The second-order valence-corrected chi connectivity index (χ2v) is 11.6. The van der Waals surface area contributed by atoms with Crippen molar-refractivity contribution >= 4 is 33.3 Å². The van der Waals surface area contributed by atoms with Crippen LogP contribution in [0, 0.1) is 17.3 Å². The van der Waals surface area contributed by atoms with Gasteiger partial charge in [-0.1, -0.05) is 64.6 Å². The third-order valence-corrected chi connectivity index (χ3v) is 8.35. The summed E-state index contributed by atoms with van der Waals surface area (Å²) in [6.07, 6.45) is 3.21. The van der Waals surface area contributed by atoms with Crippen molar-refractivity contribution in [2.24, 2.45) is 17.3 Å². The van der Waals surface area contributed by atoms with Gasteiger partial charge < -0.3 is 0 Å². The van der Waals surface area contributed by atoms with E-state index in [2.05, 4.69) is 34.6 Å². The molecule has 4 rings (SSSR count). The lowest BCUT2D eigenvalue weighted by molar-refractivity contribution is 0.218. The summed E-state index contributed by atoms with van der Waals surface area (Å²) in [5.41, 5.74) is 2.55. The van der Waals surface area contributed by atoms with Gasteiger partial charge in [-0.25, -0.2) is 4.98 Å². The van der Waals surface area contributed by atoms with E-state index in [9.17, 15) is 4.79 Å². The molecule has 154 valence electrons. The molecule has 1 unspecified atom stereocenters. The number of benzene rings is 1. The maximum atomic E-state index is 13.7. The molecule has 0 amide bonds. The molecule has 3 nitrogen and oxygen atoms in total. The molecule has 0 N–H and O–H groups in total. The van der Waals surface area contributed by atoms with E-state index >= 15 is 0 Å². The Bertz CT molecular complexity index is 1070. The van der Waals surface area contributed by atoms with Crippen LogP contribution < -0.4 is 5.56 Å². The summed E-state index contributed by atoms with van der Waals surface area (Å²) >= 11 is 3.44. The lowest BCUT2D eigenvalue weighted by atomic mass is 9.72. The topological polar surface area (TPSA) is 34.9 Å². The summed E-state index contributed by atoms with van der Waals surface area (Å²) in [5.74, 6) is 2.15. The van der Waals surface area contributed by atoms with Gasteiger partial charge in [0, 0.05) is 10.6 Å². The van der Waals surface area contributed by atoms with Gasteiger partial charge in [0.15, 0.2) is 5.16 Å².